The molecule has 0 aromatic heterocycles. The van der Waals surface area contributed by atoms with E-state index in [9.17, 15) is 13.2 Å². The first kappa shape index (κ1) is 15.2. The summed E-state index contributed by atoms with van der Waals surface area (Å²) in [6.07, 6.45) is 0. The minimum atomic E-state index is -3.83. The molecule has 23 heavy (non-hydrogen) atoms. The molecule has 3 N–H and O–H groups in total. The second kappa shape index (κ2) is 5.81. The third-order valence-electron chi connectivity index (χ3n) is 3.22. The molecule has 2 aromatic rings. The highest BCUT2D eigenvalue weighted by Crippen LogP contribution is 2.32. The molecule has 0 unspecified atom stereocenters. The molecule has 0 bridgehead atoms. The highest BCUT2D eigenvalue weighted by molar-refractivity contribution is 7.92. The van der Waals surface area contributed by atoms with Gasteiger partial charge in [-0.3, -0.25) is 9.52 Å². The molecule has 0 saturated carbocycles. The number of anilines is 1. The van der Waals surface area contributed by atoms with Crippen molar-refractivity contribution in [3.05, 3.63) is 48.0 Å². The number of carbonyl (C=O) groups is 1. The second-order valence-electron chi connectivity index (χ2n) is 4.86. The smallest absolute Gasteiger partial charge is 0.262 e. The Kier molecular flexibility index (Phi) is 3.83. The number of ether oxygens (including phenoxy) is 2. The van der Waals surface area contributed by atoms with Gasteiger partial charge >= 0.3 is 0 Å². The lowest BCUT2D eigenvalue weighted by molar-refractivity contribution is 0.100. The number of sulfonamides is 1. The maximum Gasteiger partial charge on any atom is 0.262 e. The Morgan fingerprint density at radius 1 is 1.04 bits per heavy atom. The highest BCUT2D eigenvalue weighted by Gasteiger charge is 2.19. The van der Waals surface area contributed by atoms with E-state index in [1.165, 1.54) is 30.3 Å². The molecule has 0 radical (unpaired) electrons. The quantitative estimate of drug-likeness (QED) is 0.877. The number of primary amides is 1. The number of benzene rings is 2. The van der Waals surface area contributed by atoms with Gasteiger partial charge in [0.2, 0.25) is 5.91 Å². The van der Waals surface area contributed by atoms with Crippen LogP contribution in [-0.2, 0) is 10.0 Å². The van der Waals surface area contributed by atoms with Gasteiger partial charge in [-0.25, -0.2) is 8.42 Å². The summed E-state index contributed by atoms with van der Waals surface area (Å²) < 4.78 is 38.0. The van der Waals surface area contributed by atoms with Crippen LogP contribution in [0.4, 0.5) is 5.69 Å². The maximum atomic E-state index is 12.4. The van der Waals surface area contributed by atoms with Crippen molar-refractivity contribution in [3.8, 4) is 11.5 Å². The van der Waals surface area contributed by atoms with E-state index in [0.717, 1.165) is 0 Å². The maximum absolute atomic E-state index is 12.4. The number of nitrogens with two attached hydrogens (primary N) is 1. The summed E-state index contributed by atoms with van der Waals surface area (Å²) in [5.74, 6) is 0.251. The number of hydrogen-bond acceptors (Lipinski definition) is 5. The van der Waals surface area contributed by atoms with Crippen molar-refractivity contribution in [2.24, 2.45) is 5.73 Å². The lowest BCUT2D eigenvalue weighted by Crippen LogP contribution is -2.17. The Labute approximate surface area is 133 Å². The molecule has 2 aromatic carbocycles. The van der Waals surface area contributed by atoms with E-state index >= 15 is 0 Å². The average Bonchev–Trinajstić information content (AvgIpc) is 2.54. The zero-order valence-corrected chi connectivity index (χ0v) is 12.8. The van der Waals surface area contributed by atoms with Crippen LogP contribution in [0.2, 0.25) is 0 Å². The van der Waals surface area contributed by atoms with E-state index in [1.54, 1.807) is 12.1 Å². The molecule has 0 spiro atoms. The predicted molar refractivity (Wildman–Crippen MR) is 83.2 cm³/mol. The summed E-state index contributed by atoms with van der Waals surface area (Å²) in [6.45, 7) is 0.793. The Morgan fingerprint density at radius 3 is 2.52 bits per heavy atom. The molecule has 7 nitrogen and oxygen atoms in total. The summed E-state index contributed by atoms with van der Waals surface area (Å²) in [7, 11) is -3.83. The Morgan fingerprint density at radius 2 is 1.78 bits per heavy atom. The van der Waals surface area contributed by atoms with Crippen molar-refractivity contribution in [2.45, 2.75) is 4.90 Å². The molecular formula is C15H14N2O5S. The topological polar surface area (TPSA) is 108 Å². The Hall–Kier alpha value is -2.74. The number of rotatable bonds is 4. The number of amides is 1. The van der Waals surface area contributed by atoms with Crippen molar-refractivity contribution in [1.29, 1.82) is 0 Å². The second-order valence-corrected chi connectivity index (χ2v) is 6.54. The highest BCUT2D eigenvalue weighted by atomic mass is 32.2. The number of hydrogen-bond donors (Lipinski definition) is 2. The van der Waals surface area contributed by atoms with Gasteiger partial charge in [0.25, 0.3) is 10.0 Å². The summed E-state index contributed by atoms with van der Waals surface area (Å²) in [5.41, 5.74) is 5.65. The molecule has 0 fully saturated rings. The third-order valence-corrected chi connectivity index (χ3v) is 4.60. The van der Waals surface area contributed by atoms with Crippen LogP contribution in [-0.4, -0.2) is 27.5 Å². The number of carbonyl (C=O) groups excluding carboxylic acids is 1. The predicted octanol–water partition coefficient (Wildman–Crippen LogP) is 1.36. The molecule has 0 atom stereocenters. The van der Waals surface area contributed by atoms with Gasteiger partial charge in [0.1, 0.15) is 13.2 Å². The van der Waals surface area contributed by atoms with Gasteiger partial charge in [0.15, 0.2) is 11.5 Å². The SMILES string of the molecule is NC(=O)c1cccc(NS(=O)(=O)c2ccc3c(c2)OCCO3)c1. The van der Waals surface area contributed by atoms with Crippen LogP contribution < -0.4 is 19.9 Å². The van der Waals surface area contributed by atoms with E-state index in [1.807, 2.05) is 0 Å². The molecule has 120 valence electrons. The van der Waals surface area contributed by atoms with Gasteiger partial charge in [-0.05, 0) is 30.3 Å². The van der Waals surface area contributed by atoms with Gasteiger partial charge in [0.05, 0.1) is 4.90 Å². The lowest BCUT2D eigenvalue weighted by atomic mass is 10.2. The fourth-order valence-electron chi connectivity index (χ4n) is 2.14. The van der Waals surface area contributed by atoms with Crippen LogP contribution in [0.3, 0.4) is 0 Å². The van der Waals surface area contributed by atoms with Crippen LogP contribution in [0.5, 0.6) is 11.5 Å². The van der Waals surface area contributed by atoms with Gasteiger partial charge in [0, 0.05) is 17.3 Å². The van der Waals surface area contributed by atoms with Crippen LogP contribution in [0.15, 0.2) is 47.4 Å². The zero-order valence-electron chi connectivity index (χ0n) is 12.0. The molecule has 1 aliphatic rings. The van der Waals surface area contributed by atoms with Gasteiger partial charge < -0.3 is 15.2 Å². The minimum Gasteiger partial charge on any atom is -0.486 e. The molecule has 0 saturated heterocycles. The van der Waals surface area contributed by atoms with Gasteiger partial charge in [-0.2, -0.15) is 0 Å². The van der Waals surface area contributed by atoms with E-state index in [-0.39, 0.29) is 16.1 Å². The van der Waals surface area contributed by atoms with Gasteiger partial charge in [-0.15, -0.1) is 0 Å². The first-order valence-electron chi connectivity index (χ1n) is 6.78. The summed E-state index contributed by atoms with van der Waals surface area (Å²) >= 11 is 0. The Balaban J connectivity index is 1.90. The van der Waals surface area contributed by atoms with Crippen molar-refractivity contribution >= 4 is 21.6 Å². The van der Waals surface area contributed by atoms with Crippen LogP contribution >= 0.6 is 0 Å². The minimum absolute atomic E-state index is 0.0335. The normalized spacial score (nSPS) is 13.4. The van der Waals surface area contributed by atoms with Crippen molar-refractivity contribution in [2.75, 3.05) is 17.9 Å². The monoisotopic (exact) mass is 334 g/mol. The first-order valence-corrected chi connectivity index (χ1v) is 8.26. The summed E-state index contributed by atoms with van der Waals surface area (Å²) in [6, 6.07) is 10.3. The third kappa shape index (κ3) is 3.21. The average molecular weight is 334 g/mol. The molecule has 0 aliphatic carbocycles. The summed E-state index contributed by atoms with van der Waals surface area (Å²) in [4.78, 5) is 11.2. The largest absolute Gasteiger partial charge is 0.486 e. The fraction of sp³-hybridized carbons (Fsp3) is 0.133. The molecule has 1 aliphatic heterocycles. The molecule has 1 amide bonds. The van der Waals surface area contributed by atoms with Crippen molar-refractivity contribution < 1.29 is 22.7 Å². The van der Waals surface area contributed by atoms with Crippen molar-refractivity contribution in [3.63, 3.8) is 0 Å². The van der Waals surface area contributed by atoms with E-state index in [0.29, 0.717) is 24.7 Å². The van der Waals surface area contributed by atoms with E-state index in [4.69, 9.17) is 15.2 Å². The van der Waals surface area contributed by atoms with Crippen LogP contribution in [0.1, 0.15) is 10.4 Å². The standard InChI is InChI=1S/C15H14N2O5S/c16-15(18)10-2-1-3-11(8-10)17-23(19,20)12-4-5-13-14(9-12)22-7-6-21-13/h1-5,8-9,17H,6-7H2,(H2,16,18). The molecular weight excluding hydrogens is 320 g/mol. The van der Waals surface area contributed by atoms with Crippen molar-refractivity contribution in [1.82, 2.24) is 0 Å². The van der Waals surface area contributed by atoms with E-state index in [2.05, 4.69) is 4.72 Å². The molecule has 3 rings (SSSR count). The molecule has 1 heterocycles. The summed E-state index contributed by atoms with van der Waals surface area (Å²) in [5, 5.41) is 0. The first-order chi connectivity index (χ1) is 11.0. The van der Waals surface area contributed by atoms with Gasteiger partial charge in [-0.1, -0.05) is 6.07 Å². The van der Waals surface area contributed by atoms with Crippen LogP contribution in [0, 0.1) is 0 Å². The zero-order chi connectivity index (χ0) is 16.4. The Bertz CT molecular complexity index is 864. The lowest BCUT2D eigenvalue weighted by Gasteiger charge is -2.19. The number of fused-ring (bicyclic) bond motifs is 1. The van der Waals surface area contributed by atoms with E-state index < -0.39 is 15.9 Å². The van der Waals surface area contributed by atoms with Crippen LogP contribution in [0.25, 0.3) is 0 Å². The fourth-order valence-corrected chi connectivity index (χ4v) is 3.21. The molecule has 8 heteroatoms. The number of nitrogens with one attached hydrogen (secondary N) is 1.